The fourth-order valence-electron chi connectivity index (χ4n) is 3.06. The van der Waals surface area contributed by atoms with Gasteiger partial charge >= 0.3 is 0 Å². The Morgan fingerprint density at radius 2 is 1.96 bits per heavy atom. The Hall–Kier alpha value is -1.44. The van der Waals surface area contributed by atoms with E-state index in [1.807, 2.05) is 31.2 Å². The number of nitrogens with one attached hydrogen (secondary N) is 1. The van der Waals surface area contributed by atoms with Gasteiger partial charge in [-0.15, -0.1) is 0 Å². The van der Waals surface area contributed by atoms with Gasteiger partial charge in [-0.2, -0.15) is 0 Å². The van der Waals surface area contributed by atoms with Crippen LogP contribution < -0.4 is 5.32 Å². The van der Waals surface area contributed by atoms with Crippen LogP contribution in [-0.4, -0.2) is 51.6 Å². The highest BCUT2D eigenvalue weighted by Gasteiger charge is 2.29. The summed E-state index contributed by atoms with van der Waals surface area (Å²) >= 11 is 0. The summed E-state index contributed by atoms with van der Waals surface area (Å²) in [6.07, 6.45) is 2.13. The molecule has 7 heteroatoms. The van der Waals surface area contributed by atoms with Crippen molar-refractivity contribution in [2.24, 2.45) is 5.92 Å². The van der Waals surface area contributed by atoms with E-state index in [0.29, 0.717) is 32.5 Å². The maximum atomic E-state index is 12.4. The van der Waals surface area contributed by atoms with Gasteiger partial charge in [-0.1, -0.05) is 24.3 Å². The highest BCUT2D eigenvalue weighted by molar-refractivity contribution is 7.88. The first kappa shape index (κ1) is 18.9. The summed E-state index contributed by atoms with van der Waals surface area (Å²) in [5.41, 5.74) is 2.19. The third-order valence-corrected chi connectivity index (χ3v) is 5.88. The smallest absolute Gasteiger partial charge is 0.223 e. The van der Waals surface area contributed by atoms with Gasteiger partial charge in [0.25, 0.3) is 0 Å². The number of carbonyl (C=O) groups is 1. The molecule has 1 aromatic rings. The van der Waals surface area contributed by atoms with Crippen molar-refractivity contribution in [3.8, 4) is 0 Å². The van der Waals surface area contributed by atoms with Crippen molar-refractivity contribution < 1.29 is 17.9 Å². The summed E-state index contributed by atoms with van der Waals surface area (Å²) in [5, 5.41) is 2.95. The van der Waals surface area contributed by atoms with E-state index < -0.39 is 10.0 Å². The minimum atomic E-state index is -3.16. The molecule has 1 saturated heterocycles. The van der Waals surface area contributed by atoms with Crippen LogP contribution in [0.5, 0.6) is 0 Å². The van der Waals surface area contributed by atoms with Gasteiger partial charge in [0.05, 0.1) is 12.4 Å². The highest BCUT2D eigenvalue weighted by Crippen LogP contribution is 2.22. The van der Waals surface area contributed by atoms with E-state index in [4.69, 9.17) is 4.74 Å². The lowest BCUT2D eigenvalue weighted by molar-refractivity contribution is -0.126. The summed E-state index contributed by atoms with van der Waals surface area (Å²) in [7, 11) is -1.53. The number of hydrogen-bond donors (Lipinski definition) is 1. The Kier molecular flexibility index (Phi) is 6.37. The Balaban J connectivity index is 1.88. The summed E-state index contributed by atoms with van der Waals surface area (Å²) < 4.78 is 30.0. The molecular formula is C17H26N2O4S. The summed E-state index contributed by atoms with van der Waals surface area (Å²) in [5.74, 6) is -0.170. The zero-order chi connectivity index (χ0) is 17.7. The zero-order valence-corrected chi connectivity index (χ0v) is 15.3. The number of carbonyl (C=O) groups excluding carboxylic acids is 1. The highest BCUT2D eigenvalue weighted by atomic mass is 32.2. The molecule has 1 aliphatic heterocycles. The van der Waals surface area contributed by atoms with Crippen LogP contribution >= 0.6 is 0 Å². The Morgan fingerprint density at radius 1 is 1.33 bits per heavy atom. The van der Waals surface area contributed by atoms with Gasteiger partial charge < -0.3 is 10.1 Å². The second-order valence-electron chi connectivity index (χ2n) is 6.26. The number of aryl methyl sites for hydroxylation is 1. The maximum Gasteiger partial charge on any atom is 0.223 e. The van der Waals surface area contributed by atoms with Crippen molar-refractivity contribution in [1.29, 1.82) is 0 Å². The van der Waals surface area contributed by atoms with Gasteiger partial charge in [0.2, 0.25) is 15.9 Å². The van der Waals surface area contributed by atoms with Gasteiger partial charge in [0, 0.05) is 32.7 Å². The molecule has 134 valence electrons. The predicted octanol–water partition coefficient (Wildman–Crippen LogP) is 1.47. The fourth-order valence-corrected chi connectivity index (χ4v) is 3.93. The van der Waals surface area contributed by atoms with Crippen LogP contribution in [0.15, 0.2) is 24.3 Å². The maximum absolute atomic E-state index is 12.4. The van der Waals surface area contributed by atoms with Crippen molar-refractivity contribution in [1.82, 2.24) is 9.62 Å². The molecule has 1 aromatic carbocycles. The lowest BCUT2D eigenvalue weighted by atomic mass is 9.97. The third-order valence-electron chi connectivity index (χ3n) is 4.58. The molecule has 1 amide bonds. The first-order valence-corrected chi connectivity index (χ1v) is 9.99. The van der Waals surface area contributed by atoms with E-state index in [9.17, 15) is 13.2 Å². The molecule has 6 nitrogen and oxygen atoms in total. The Bertz CT molecular complexity index is 667. The van der Waals surface area contributed by atoms with Crippen molar-refractivity contribution in [2.45, 2.75) is 25.9 Å². The van der Waals surface area contributed by atoms with Crippen molar-refractivity contribution in [2.75, 3.05) is 33.0 Å². The minimum Gasteiger partial charge on any atom is -0.375 e. The zero-order valence-electron chi connectivity index (χ0n) is 14.5. The molecule has 1 fully saturated rings. The molecule has 0 aliphatic carbocycles. The lowest BCUT2D eigenvalue weighted by Gasteiger charge is -2.29. The quantitative estimate of drug-likeness (QED) is 0.839. The molecule has 0 aromatic heterocycles. The number of rotatable bonds is 6. The number of sulfonamides is 1. The molecule has 24 heavy (non-hydrogen) atoms. The number of benzene rings is 1. The number of hydrogen-bond acceptors (Lipinski definition) is 4. The lowest BCUT2D eigenvalue weighted by Crippen LogP contribution is -2.43. The standard InChI is InChI=1S/C17H26N2O4S/c1-13-6-4-5-7-15(13)16(23-2)12-18-17(20)14-8-10-19(11-9-14)24(3,21)22/h4-7,14,16H,8-12H2,1-3H3,(H,18,20). The molecule has 0 saturated carbocycles. The SMILES string of the molecule is COC(CNC(=O)C1CCN(S(C)(=O)=O)CC1)c1ccccc1C. The van der Waals surface area contributed by atoms with Crippen LogP contribution in [0.2, 0.25) is 0 Å². The molecule has 1 aliphatic rings. The van der Waals surface area contributed by atoms with E-state index in [2.05, 4.69) is 5.32 Å². The average molecular weight is 354 g/mol. The van der Waals surface area contributed by atoms with Crippen molar-refractivity contribution >= 4 is 15.9 Å². The number of nitrogens with zero attached hydrogens (tertiary/aromatic N) is 1. The van der Waals surface area contributed by atoms with Crippen LogP contribution in [0.4, 0.5) is 0 Å². The molecule has 1 heterocycles. The van der Waals surface area contributed by atoms with E-state index in [-0.39, 0.29) is 17.9 Å². The topological polar surface area (TPSA) is 75.7 Å². The van der Waals surface area contributed by atoms with Gasteiger partial charge in [0.15, 0.2) is 0 Å². The van der Waals surface area contributed by atoms with Gasteiger partial charge in [-0.05, 0) is 30.9 Å². The van der Waals surface area contributed by atoms with E-state index in [0.717, 1.165) is 11.1 Å². The first-order valence-electron chi connectivity index (χ1n) is 8.14. The van der Waals surface area contributed by atoms with Crippen LogP contribution in [0.3, 0.4) is 0 Å². The summed E-state index contributed by atoms with van der Waals surface area (Å²) in [6, 6.07) is 7.95. The number of methoxy groups -OCH3 is 1. The molecule has 0 radical (unpaired) electrons. The van der Waals surface area contributed by atoms with Gasteiger partial charge in [0.1, 0.15) is 0 Å². The largest absolute Gasteiger partial charge is 0.375 e. The molecule has 2 rings (SSSR count). The van der Waals surface area contributed by atoms with Crippen LogP contribution in [0, 0.1) is 12.8 Å². The Labute approximate surface area is 144 Å². The predicted molar refractivity (Wildman–Crippen MR) is 93.1 cm³/mol. The number of ether oxygens (including phenoxy) is 1. The summed E-state index contributed by atoms with van der Waals surface area (Å²) in [6.45, 7) is 3.24. The van der Waals surface area contributed by atoms with Crippen molar-refractivity contribution in [3.63, 3.8) is 0 Å². The molecule has 1 N–H and O–H groups in total. The molecule has 1 unspecified atom stereocenters. The van der Waals surface area contributed by atoms with Crippen LogP contribution in [0.1, 0.15) is 30.1 Å². The first-order chi connectivity index (χ1) is 11.3. The number of amides is 1. The molecule has 0 bridgehead atoms. The third kappa shape index (κ3) is 4.78. The molecule has 1 atom stereocenters. The van der Waals surface area contributed by atoms with E-state index in [1.54, 1.807) is 7.11 Å². The monoisotopic (exact) mass is 354 g/mol. The van der Waals surface area contributed by atoms with Crippen LogP contribution in [-0.2, 0) is 19.6 Å². The molecule has 0 spiro atoms. The minimum absolute atomic E-state index is 0.0289. The van der Waals surface area contributed by atoms with E-state index >= 15 is 0 Å². The number of piperidine rings is 1. The second-order valence-corrected chi connectivity index (χ2v) is 8.24. The normalized spacial score (nSPS) is 18.3. The van der Waals surface area contributed by atoms with Gasteiger partial charge in [-0.25, -0.2) is 12.7 Å². The van der Waals surface area contributed by atoms with Crippen LogP contribution in [0.25, 0.3) is 0 Å². The van der Waals surface area contributed by atoms with E-state index in [1.165, 1.54) is 10.6 Å². The Morgan fingerprint density at radius 3 is 2.50 bits per heavy atom. The average Bonchev–Trinajstić information content (AvgIpc) is 2.56. The molecular weight excluding hydrogens is 328 g/mol. The van der Waals surface area contributed by atoms with Crippen molar-refractivity contribution in [3.05, 3.63) is 35.4 Å². The second kappa shape index (κ2) is 8.09. The van der Waals surface area contributed by atoms with Gasteiger partial charge in [-0.3, -0.25) is 4.79 Å². The summed E-state index contributed by atoms with van der Waals surface area (Å²) in [4.78, 5) is 12.4. The fraction of sp³-hybridized carbons (Fsp3) is 0.588.